The molecule has 3 aromatic carbocycles. The third-order valence-corrected chi connectivity index (χ3v) is 9.06. The normalized spacial score (nSPS) is 16.3. The van der Waals surface area contributed by atoms with Crippen molar-refractivity contribution in [2.24, 2.45) is 0 Å². The minimum absolute atomic E-state index is 0.0101. The Kier molecular flexibility index (Phi) is 9.03. The lowest BCUT2D eigenvalue weighted by molar-refractivity contribution is -0.132. The number of aryl methyl sites for hydroxylation is 2. The lowest BCUT2D eigenvalue weighted by atomic mass is 9.93. The first-order chi connectivity index (χ1) is 20.3. The number of hydrogen-bond acceptors (Lipinski definition) is 8. The number of aliphatic hydroxyl groups is 1. The molecule has 1 N–H and O–H groups in total. The van der Waals surface area contributed by atoms with Crippen molar-refractivity contribution in [3.63, 3.8) is 0 Å². The van der Waals surface area contributed by atoms with E-state index in [1.807, 2.05) is 26.0 Å². The van der Waals surface area contributed by atoms with Gasteiger partial charge < -0.3 is 9.84 Å². The molecule has 1 fully saturated rings. The fraction of sp³-hybridized carbons (Fsp3) is 0.250. The number of benzene rings is 3. The van der Waals surface area contributed by atoms with E-state index in [1.165, 1.54) is 40.1 Å². The molecule has 1 aliphatic heterocycles. The van der Waals surface area contributed by atoms with Gasteiger partial charge in [0.1, 0.15) is 17.3 Å². The topological polar surface area (TPSA) is 92.6 Å². The van der Waals surface area contributed by atoms with Crippen LogP contribution < -0.4 is 9.64 Å². The first-order valence-corrected chi connectivity index (χ1v) is 15.4. The lowest BCUT2D eigenvalue weighted by Gasteiger charge is -2.23. The van der Waals surface area contributed by atoms with Crippen LogP contribution in [0.15, 0.2) is 76.6 Å². The Hall–Kier alpha value is -4.02. The molecular formula is C32H30FN3O4S2. The van der Waals surface area contributed by atoms with Crippen LogP contribution in [-0.2, 0) is 15.3 Å². The van der Waals surface area contributed by atoms with Gasteiger partial charge in [-0.3, -0.25) is 14.5 Å². The minimum Gasteiger partial charge on any atom is -0.507 e. The first-order valence-electron chi connectivity index (χ1n) is 13.6. The van der Waals surface area contributed by atoms with Crippen LogP contribution in [0.3, 0.4) is 0 Å². The molecule has 0 aliphatic carbocycles. The molecule has 1 amide bonds. The van der Waals surface area contributed by atoms with E-state index in [9.17, 15) is 19.1 Å². The summed E-state index contributed by atoms with van der Waals surface area (Å²) in [5.41, 5.74) is 3.70. The number of thioether (sulfide) groups is 1. The number of carbonyl (C=O) groups is 2. The summed E-state index contributed by atoms with van der Waals surface area (Å²) >= 11 is 2.58. The maximum Gasteiger partial charge on any atom is 0.301 e. The molecular weight excluding hydrogens is 574 g/mol. The van der Waals surface area contributed by atoms with Gasteiger partial charge in [0, 0.05) is 11.3 Å². The monoisotopic (exact) mass is 603 g/mol. The predicted molar refractivity (Wildman–Crippen MR) is 163 cm³/mol. The molecule has 5 rings (SSSR count). The number of ketones is 1. The summed E-state index contributed by atoms with van der Waals surface area (Å²) in [6.07, 6.45) is 1.94. The van der Waals surface area contributed by atoms with Gasteiger partial charge in [0.15, 0.2) is 4.34 Å². The lowest BCUT2D eigenvalue weighted by Crippen LogP contribution is -2.29. The van der Waals surface area contributed by atoms with Gasteiger partial charge in [-0.1, -0.05) is 78.4 Å². The minimum atomic E-state index is -0.919. The smallest absolute Gasteiger partial charge is 0.301 e. The van der Waals surface area contributed by atoms with E-state index < -0.39 is 17.7 Å². The van der Waals surface area contributed by atoms with Crippen LogP contribution in [0.5, 0.6) is 5.75 Å². The number of ether oxygens (including phenoxy) is 1. The Morgan fingerprint density at radius 3 is 2.50 bits per heavy atom. The number of aliphatic hydroxyl groups excluding tert-OH is 1. The second-order valence-corrected chi connectivity index (χ2v) is 12.2. The van der Waals surface area contributed by atoms with Gasteiger partial charge in [-0.05, 0) is 67.3 Å². The molecule has 1 unspecified atom stereocenters. The Morgan fingerprint density at radius 1 is 1.05 bits per heavy atom. The van der Waals surface area contributed by atoms with Gasteiger partial charge in [0.2, 0.25) is 5.13 Å². The number of aromatic nitrogens is 2. The Balaban J connectivity index is 1.53. The summed E-state index contributed by atoms with van der Waals surface area (Å²) < 4.78 is 19.7. The molecule has 0 radical (unpaired) electrons. The highest BCUT2D eigenvalue weighted by atomic mass is 32.2. The van der Waals surface area contributed by atoms with Crippen LogP contribution >= 0.6 is 23.1 Å². The zero-order valence-corrected chi connectivity index (χ0v) is 25.1. The molecule has 2 heterocycles. The van der Waals surface area contributed by atoms with E-state index in [0.717, 1.165) is 29.5 Å². The van der Waals surface area contributed by atoms with Crippen molar-refractivity contribution in [2.45, 2.75) is 49.7 Å². The number of hydrogen-bond donors (Lipinski definition) is 1. The number of amides is 1. The number of Topliss-reactive ketones (excluding diaryl/α,β-unsaturated/α-hetero) is 1. The van der Waals surface area contributed by atoms with Crippen molar-refractivity contribution in [1.82, 2.24) is 10.2 Å². The van der Waals surface area contributed by atoms with E-state index >= 15 is 0 Å². The number of halogens is 1. The highest BCUT2D eigenvalue weighted by molar-refractivity contribution is 8.00. The van der Waals surface area contributed by atoms with Gasteiger partial charge in [0.05, 0.1) is 18.2 Å². The average molecular weight is 604 g/mol. The highest BCUT2D eigenvalue weighted by Gasteiger charge is 2.48. The summed E-state index contributed by atoms with van der Waals surface area (Å²) in [5, 5.41) is 20.3. The highest BCUT2D eigenvalue weighted by Crippen LogP contribution is 2.44. The van der Waals surface area contributed by atoms with Crippen LogP contribution in [0.2, 0.25) is 0 Å². The molecule has 7 nitrogen and oxygen atoms in total. The predicted octanol–water partition coefficient (Wildman–Crippen LogP) is 7.39. The number of rotatable bonds is 10. The number of nitrogens with zero attached hydrogens (tertiary/aromatic N) is 3. The SMILES string of the molecule is CCCCOc1ccc(C2/C(=C(\O)c3cc(C)ccc3C)C(=O)C(=O)N2c2nnc(SCc3ccc(F)cc3)s2)cc1. The summed E-state index contributed by atoms with van der Waals surface area (Å²) in [7, 11) is 0. The van der Waals surface area contributed by atoms with Crippen LogP contribution in [0.25, 0.3) is 5.76 Å². The molecule has 0 bridgehead atoms. The van der Waals surface area contributed by atoms with Gasteiger partial charge in [-0.15, -0.1) is 10.2 Å². The molecule has 0 saturated carbocycles. The fourth-order valence-electron chi connectivity index (χ4n) is 4.65. The zero-order chi connectivity index (χ0) is 29.8. The van der Waals surface area contributed by atoms with Gasteiger partial charge >= 0.3 is 5.91 Å². The van der Waals surface area contributed by atoms with Gasteiger partial charge in [-0.2, -0.15) is 0 Å². The Bertz CT molecular complexity index is 1630. The second-order valence-electron chi connectivity index (χ2n) is 10.0. The molecule has 0 spiro atoms. The van der Waals surface area contributed by atoms with Gasteiger partial charge in [-0.25, -0.2) is 4.39 Å². The number of anilines is 1. The summed E-state index contributed by atoms with van der Waals surface area (Å²) in [6, 6.07) is 18.1. The Morgan fingerprint density at radius 2 is 1.79 bits per heavy atom. The van der Waals surface area contributed by atoms with Crippen molar-refractivity contribution in [3.8, 4) is 5.75 Å². The molecule has 42 heavy (non-hydrogen) atoms. The van der Waals surface area contributed by atoms with Crippen molar-refractivity contribution < 1.29 is 23.8 Å². The molecule has 1 aromatic heterocycles. The van der Waals surface area contributed by atoms with Crippen LogP contribution in [0, 0.1) is 19.7 Å². The second kappa shape index (κ2) is 12.9. The Labute approximate surface area is 252 Å². The quantitative estimate of drug-likeness (QED) is 0.0505. The van der Waals surface area contributed by atoms with E-state index in [2.05, 4.69) is 17.1 Å². The first kappa shape index (κ1) is 29.5. The maximum atomic E-state index is 13.6. The standard InChI is InChI=1S/C32H30FN3O4S2/c1-4-5-16-40-24-14-10-22(11-15-24)27-26(28(37)25-17-19(2)6-7-20(25)3)29(38)30(39)36(27)31-34-35-32(42-31)41-18-21-8-12-23(33)13-9-21/h6-15,17,27,37H,4-5,16,18H2,1-3H3/b28-26+. The number of unbranched alkanes of at least 4 members (excludes halogenated alkanes) is 1. The summed E-state index contributed by atoms with van der Waals surface area (Å²) in [4.78, 5) is 28.4. The van der Waals surface area contributed by atoms with Crippen LogP contribution in [0.4, 0.5) is 9.52 Å². The third kappa shape index (κ3) is 6.24. The molecule has 10 heteroatoms. The fourth-order valence-corrected chi connectivity index (χ4v) is 6.47. The zero-order valence-electron chi connectivity index (χ0n) is 23.5. The van der Waals surface area contributed by atoms with Crippen molar-refractivity contribution >= 4 is 45.7 Å². The molecule has 216 valence electrons. The van der Waals surface area contributed by atoms with Gasteiger partial charge in [0.25, 0.3) is 5.78 Å². The third-order valence-electron chi connectivity index (χ3n) is 6.93. The van der Waals surface area contributed by atoms with Crippen molar-refractivity contribution in [3.05, 3.63) is 106 Å². The molecule has 1 atom stereocenters. The number of carbonyl (C=O) groups excluding carboxylic acids is 2. The molecule has 1 aliphatic rings. The largest absolute Gasteiger partial charge is 0.507 e. The van der Waals surface area contributed by atoms with Crippen LogP contribution in [-0.4, -0.2) is 33.6 Å². The maximum absolute atomic E-state index is 13.6. The van der Waals surface area contributed by atoms with Crippen LogP contribution in [0.1, 0.15) is 53.6 Å². The van der Waals surface area contributed by atoms with E-state index in [-0.39, 0.29) is 22.3 Å². The summed E-state index contributed by atoms with van der Waals surface area (Å²) in [5.74, 6) is -0.921. The molecule has 4 aromatic rings. The summed E-state index contributed by atoms with van der Waals surface area (Å²) in [6.45, 7) is 6.42. The van der Waals surface area contributed by atoms with Crippen molar-refractivity contribution in [1.29, 1.82) is 0 Å². The average Bonchev–Trinajstić information content (AvgIpc) is 3.56. The van der Waals surface area contributed by atoms with E-state index in [4.69, 9.17) is 4.74 Å². The van der Waals surface area contributed by atoms with Crippen molar-refractivity contribution in [2.75, 3.05) is 11.5 Å². The van der Waals surface area contributed by atoms with E-state index in [1.54, 1.807) is 42.5 Å². The molecule has 1 saturated heterocycles. The van der Waals surface area contributed by atoms with E-state index in [0.29, 0.717) is 33.6 Å².